The summed E-state index contributed by atoms with van der Waals surface area (Å²) in [5, 5.41) is 3.35. The van der Waals surface area contributed by atoms with Crippen molar-refractivity contribution in [2.45, 2.75) is 6.23 Å². The molecule has 1 aliphatic heterocycles. The summed E-state index contributed by atoms with van der Waals surface area (Å²) in [5.41, 5.74) is 1.24. The highest BCUT2D eigenvalue weighted by atomic mass is 16.5. The van der Waals surface area contributed by atoms with Gasteiger partial charge in [-0.25, -0.2) is 0 Å². The molecule has 1 unspecified atom stereocenters. The number of hydrogen-bond donors (Lipinski definition) is 1. The predicted octanol–water partition coefficient (Wildman–Crippen LogP) is 1.24. The molecule has 0 aliphatic carbocycles. The van der Waals surface area contributed by atoms with Gasteiger partial charge in [-0.05, 0) is 5.56 Å². The number of nitrogens with one attached hydrogen (secondary N) is 1. The largest absolute Gasteiger partial charge is 0.362 e. The lowest BCUT2D eigenvalue weighted by molar-refractivity contribution is -0.0403. The van der Waals surface area contributed by atoms with E-state index in [4.69, 9.17) is 4.74 Å². The molecular weight excluding hydrogens is 188 g/mol. The molecule has 0 saturated carbocycles. The standard InChI is InChI=1S/C12H18N2O/c1-15-12(11-5-3-2-4-6-11)14-9-7-13-8-10-14/h2-6,12-13H,7-10H2,1H3. The fourth-order valence-corrected chi connectivity index (χ4v) is 2.03. The van der Waals surface area contributed by atoms with Gasteiger partial charge in [-0.1, -0.05) is 30.3 Å². The Morgan fingerprint density at radius 3 is 2.47 bits per heavy atom. The minimum atomic E-state index is 0.105. The molecule has 1 saturated heterocycles. The summed E-state index contributed by atoms with van der Waals surface area (Å²) in [6.45, 7) is 4.19. The SMILES string of the molecule is COC(c1ccccc1)N1CCNCC1. The number of piperazine rings is 1. The van der Waals surface area contributed by atoms with E-state index < -0.39 is 0 Å². The second-order valence-corrected chi connectivity index (χ2v) is 3.78. The van der Waals surface area contributed by atoms with Crippen molar-refractivity contribution in [2.24, 2.45) is 0 Å². The summed E-state index contributed by atoms with van der Waals surface area (Å²) in [5.74, 6) is 0. The zero-order valence-electron chi connectivity index (χ0n) is 9.15. The molecule has 1 N–H and O–H groups in total. The lowest BCUT2D eigenvalue weighted by atomic mass is 10.1. The minimum Gasteiger partial charge on any atom is -0.362 e. The van der Waals surface area contributed by atoms with Gasteiger partial charge >= 0.3 is 0 Å². The number of benzene rings is 1. The number of ether oxygens (including phenoxy) is 1. The molecule has 0 radical (unpaired) electrons. The lowest BCUT2D eigenvalue weighted by Crippen LogP contribution is -2.45. The van der Waals surface area contributed by atoms with Crippen molar-refractivity contribution in [3.05, 3.63) is 35.9 Å². The molecule has 3 nitrogen and oxygen atoms in total. The molecule has 0 spiro atoms. The van der Waals surface area contributed by atoms with Crippen LogP contribution in [0.15, 0.2) is 30.3 Å². The highest BCUT2D eigenvalue weighted by Crippen LogP contribution is 2.20. The van der Waals surface area contributed by atoms with E-state index in [9.17, 15) is 0 Å². The van der Waals surface area contributed by atoms with Crippen molar-refractivity contribution in [1.29, 1.82) is 0 Å². The summed E-state index contributed by atoms with van der Waals surface area (Å²) in [6.07, 6.45) is 0.105. The summed E-state index contributed by atoms with van der Waals surface area (Å²) < 4.78 is 5.57. The first-order valence-electron chi connectivity index (χ1n) is 5.44. The van der Waals surface area contributed by atoms with Gasteiger partial charge < -0.3 is 10.1 Å². The maximum absolute atomic E-state index is 5.57. The molecule has 0 amide bonds. The van der Waals surface area contributed by atoms with Gasteiger partial charge in [-0.15, -0.1) is 0 Å². The molecular formula is C12H18N2O. The van der Waals surface area contributed by atoms with Gasteiger partial charge in [-0.3, -0.25) is 4.90 Å². The average molecular weight is 206 g/mol. The first-order chi connectivity index (χ1) is 7.42. The van der Waals surface area contributed by atoms with E-state index >= 15 is 0 Å². The van der Waals surface area contributed by atoms with Crippen LogP contribution in [0.1, 0.15) is 11.8 Å². The van der Waals surface area contributed by atoms with Gasteiger partial charge in [0.1, 0.15) is 6.23 Å². The van der Waals surface area contributed by atoms with Gasteiger partial charge in [0, 0.05) is 33.3 Å². The summed E-state index contributed by atoms with van der Waals surface area (Å²) in [7, 11) is 1.78. The highest BCUT2D eigenvalue weighted by molar-refractivity contribution is 5.17. The van der Waals surface area contributed by atoms with Crippen LogP contribution in [0.3, 0.4) is 0 Å². The molecule has 1 atom stereocenters. The number of methoxy groups -OCH3 is 1. The molecule has 1 aromatic carbocycles. The van der Waals surface area contributed by atoms with Gasteiger partial charge in [-0.2, -0.15) is 0 Å². The Hall–Kier alpha value is -0.900. The van der Waals surface area contributed by atoms with Crippen molar-refractivity contribution < 1.29 is 4.74 Å². The molecule has 0 aromatic heterocycles. The lowest BCUT2D eigenvalue weighted by Gasteiger charge is -2.34. The zero-order chi connectivity index (χ0) is 10.5. The fraction of sp³-hybridized carbons (Fsp3) is 0.500. The number of rotatable bonds is 3. The minimum absolute atomic E-state index is 0.105. The van der Waals surface area contributed by atoms with E-state index in [1.165, 1.54) is 5.56 Å². The quantitative estimate of drug-likeness (QED) is 0.805. The molecule has 1 aliphatic rings. The van der Waals surface area contributed by atoms with Gasteiger partial charge in [0.15, 0.2) is 0 Å². The summed E-state index contributed by atoms with van der Waals surface area (Å²) in [6, 6.07) is 10.4. The smallest absolute Gasteiger partial charge is 0.136 e. The van der Waals surface area contributed by atoms with Crippen LogP contribution in [0, 0.1) is 0 Å². The van der Waals surface area contributed by atoms with Crippen LogP contribution in [0.5, 0.6) is 0 Å². The van der Waals surface area contributed by atoms with E-state index in [-0.39, 0.29) is 6.23 Å². The number of hydrogen-bond acceptors (Lipinski definition) is 3. The Labute approximate surface area is 91.0 Å². The molecule has 1 aromatic rings. The van der Waals surface area contributed by atoms with Crippen LogP contribution in [0.4, 0.5) is 0 Å². The summed E-state index contributed by atoms with van der Waals surface area (Å²) in [4.78, 5) is 2.37. The van der Waals surface area contributed by atoms with E-state index in [0.29, 0.717) is 0 Å². The molecule has 15 heavy (non-hydrogen) atoms. The Balaban J connectivity index is 2.09. The van der Waals surface area contributed by atoms with Crippen molar-refractivity contribution in [1.82, 2.24) is 10.2 Å². The van der Waals surface area contributed by atoms with Crippen molar-refractivity contribution in [3.8, 4) is 0 Å². The third-order valence-corrected chi connectivity index (χ3v) is 2.79. The predicted molar refractivity (Wildman–Crippen MR) is 60.6 cm³/mol. The molecule has 1 fully saturated rings. The van der Waals surface area contributed by atoms with Crippen LogP contribution in [0.2, 0.25) is 0 Å². The Morgan fingerprint density at radius 2 is 1.87 bits per heavy atom. The average Bonchev–Trinajstić information content (AvgIpc) is 2.33. The molecule has 3 heteroatoms. The Bertz CT molecular complexity index is 283. The molecule has 2 rings (SSSR count). The normalized spacial score (nSPS) is 20.1. The molecule has 0 bridgehead atoms. The Morgan fingerprint density at radius 1 is 1.20 bits per heavy atom. The van der Waals surface area contributed by atoms with Crippen LogP contribution in [-0.4, -0.2) is 38.2 Å². The van der Waals surface area contributed by atoms with Gasteiger partial charge in [0.05, 0.1) is 0 Å². The van der Waals surface area contributed by atoms with Crippen molar-refractivity contribution in [3.63, 3.8) is 0 Å². The van der Waals surface area contributed by atoms with Crippen LogP contribution < -0.4 is 5.32 Å². The summed E-state index contributed by atoms with van der Waals surface area (Å²) >= 11 is 0. The maximum atomic E-state index is 5.57. The highest BCUT2D eigenvalue weighted by Gasteiger charge is 2.20. The third kappa shape index (κ3) is 2.56. The van der Waals surface area contributed by atoms with E-state index in [2.05, 4.69) is 34.5 Å². The van der Waals surface area contributed by atoms with Crippen LogP contribution in [0.25, 0.3) is 0 Å². The van der Waals surface area contributed by atoms with E-state index in [1.807, 2.05) is 6.07 Å². The zero-order valence-corrected chi connectivity index (χ0v) is 9.15. The molecule has 1 heterocycles. The first kappa shape index (κ1) is 10.6. The van der Waals surface area contributed by atoms with E-state index in [1.54, 1.807) is 7.11 Å². The molecule has 82 valence electrons. The van der Waals surface area contributed by atoms with Gasteiger partial charge in [0.25, 0.3) is 0 Å². The maximum Gasteiger partial charge on any atom is 0.136 e. The van der Waals surface area contributed by atoms with Crippen molar-refractivity contribution >= 4 is 0 Å². The van der Waals surface area contributed by atoms with Crippen molar-refractivity contribution in [2.75, 3.05) is 33.3 Å². The van der Waals surface area contributed by atoms with Crippen LogP contribution in [-0.2, 0) is 4.74 Å². The van der Waals surface area contributed by atoms with E-state index in [0.717, 1.165) is 26.2 Å². The fourth-order valence-electron chi connectivity index (χ4n) is 2.03. The Kier molecular flexibility index (Phi) is 3.72. The first-order valence-corrected chi connectivity index (χ1v) is 5.44. The van der Waals surface area contributed by atoms with Gasteiger partial charge in [0.2, 0.25) is 0 Å². The topological polar surface area (TPSA) is 24.5 Å². The monoisotopic (exact) mass is 206 g/mol. The second-order valence-electron chi connectivity index (χ2n) is 3.78. The number of nitrogens with zero attached hydrogens (tertiary/aromatic N) is 1. The second kappa shape index (κ2) is 5.26. The van der Waals surface area contributed by atoms with Crippen LogP contribution >= 0.6 is 0 Å². The third-order valence-electron chi connectivity index (χ3n) is 2.79.